The van der Waals surface area contributed by atoms with Crippen molar-refractivity contribution in [2.24, 2.45) is 17.6 Å². The molecule has 4 rings (SSSR count). The number of nitrogens with one attached hydrogen (secondary N) is 1. The summed E-state index contributed by atoms with van der Waals surface area (Å²) in [5, 5.41) is 2.95. The smallest absolute Gasteiger partial charge is 0.239 e. The molecule has 1 amide bonds. The summed E-state index contributed by atoms with van der Waals surface area (Å²) in [4.78, 5) is 27.0. The Morgan fingerprint density at radius 2 is 1.87 bits per heavy atom. The quantitative estimate of drug-likeness (QED) is 0.420. The van der Waals surface area contributed by atoms with E-state index < -0.39 is 17.6 Å². The number of alkyl halides is 1. The third-order valence-electron chi connectivity index (χ3n) is 9.27. The summed E-state index contributed by atoms with van der Waals surface area (Å²) in [6.07, 6.45) is 8.81. The van der Waals surface area contributed by atoms with E-state index in [0.29, 0.717) is 23.7 Å². The van der Waals surface area contributed by atoms with Crippen molar-refractivity contribution in [3.63, 3.8) is 0 Å². The number of aldehydes is 1. The number of halogens is 2. The fourth-order valence-electron chi connectivity index (χ4n) is 7.01. The van der Waals surface area contributed by atoms with E-state index in [4.69, 9.17) is 5.73 Å². The first kappa shape index (κ1) is 28.9. The number of rotatable bonds is 10. The highest BCUT2D eigenvalue weighted by Crippen LogP contribution is 2.37. The second kappa shape index (κ2) is 12.9. The van der Waals surface area contributed by atoms with E-state index in [1.807, 2.05) is 0 Å². The molecule has 0 spiro atoms. The van der Waals surface area contributed by atoms with Crippen LogP contribution in [0, 0.1) is 17.7 Å². The number of amides is 1. The summed E-state index contributed by atoms with van der Waals surface area (Å²) in [5.74, 6) is 0.749. The molecule has 6 nitrogen and oxygen atoms in total. The Bertz CT molecular complexity index is 942. The highest BCUT2D eigenvalue weighted by Gasteiger charge is 2.44. The van der Waals surface area contributed by atoms with Gasteiger partial charge in [-0.2, -0.15) is 0 Å². The van der Waals surface area contributed by atoms with Gasteiger partial charge in [-0.25, -0.2) is 8.78 Å². The minimum Gasteiger partial charge on any atom is -0.374 e. The van der Waals surface area contributed by atoms with Crippen LogP contribution in [0.25, 0.3) is 0 Å². The minimum atomic E-state index is -1.24. The maximum absolute atomic E-state index is 16.0. The number of piperidine rings is 2. The molecule has 1 aliphatic carbocycles. The largest absolute Gasteiger partial charge is 0.374 e. The summed E-state index contributed by atoms with van der Waals surface area (Å²) in [6, 6.07) is 4.14. The van der Waals surface area contributed by atoms with Crippen LogP contribution in [-0.2, 0) is 9.59 Å². The first-order valence-electron chi connectivity index (χ1n) is 14.6. The van der Waals surface area contributed by atoms with Gasteiger partial charge in [0.2, 0.25) is 5.91 Å². The molecule has 1 saturated carbocycles. The second-order valence-electron chi connectivity index (χ2n) is 12.3. The molecule has 2 aliphatic heterocycles. The zero-order valence-corrected chi connectivity index (χ0v) is 23.1. The van der Waals surface area contributed by atoms with Gasteiger partial charge >= 0.3 is 0 Å². The van der Waals surface area contributed by atoms with Crippen molar-refractivity contribution in [3.05, 3.63) is 29.6 Å². The maximum atomic E-state index is 16.0. The first-order chi connectivity index (χ1) is 18.2. The summed E-state index contributed by atoms with van der Waals surface area (Å²) in [6.45, 7) is 8.14. The van der Waals surface area contributed by atoms with Crippen LogP contribution in [0.1, 0.15) is 83.1 Å². The van der Waals surface area contributed by atoms with Crippen LogP contribution in [0.5, 0.6) is 0 Å². The predicted octanol–water partition coefficient (Wildman–Crippen LogP) is 4.88. The Kier molecular flexibility index (Phi) is 9.79. The molecule has 1 aromatic carbocycles. The molecule has 8 heteroatoms. The molecule has 1 aromatic rings. The molecule has 3 unspecified atom stereocenters. The number of carbonyl (C=O) groups excluding carboxylic acids is 2. The third-order valence-corrected chi connectivity index (χ3v) is 9.27. The lowest BCUT2D eigenvalue weighted by Gasteiger charge is -2.49. The van der Waals surface area contributed by atoms with Crippen molar-refractivity contribution >= 4 is 17.9 Å². The van der Waals surface area contributed by atoms with E-state index in [0.717, 1.165) is 57.6 Å². The van der Waals surface area contributed by atoms with Crippen molar-refractivity contribution in [1.29, 1.82) is 0 Å². The lowest BCUT2D eigenvalue weighted by atomic mass is 9.81. The van der Waals surface area contributed by atoms with Gasteiger partial charge in [0.25, 0.3) is 0 Å². The van der Waals surface area contributed by atoms with Gasteiger partial charge in [-0.3, -0.25) is 14.6 Å². The Morgan fingerprint density at radius 1 is 1.16 bits per heavy atom. The van der Waals surface area contributed by atoms with Gasteiger partial charge < -0.3 is 15.8 Å². The summed E-state index contributed by atoms with van der Waals surface area (Å²) in [7, 11) is 0. The van der Waals surface area contributed by atoms with Crippen LogP contribution in [0.15, 0.2) is 18.2 Å². The number of benzene rings is 1. The molecule has 0 bridgehead atoms. The van der Waals surface area contributed by atoms with Crippen molar-refractivity contribution in [3.8, 4) is 0 Å². The van der Waals surface area contributed by atoms with Gasteiger partial charge in [0.15, 0.2) is 0 Å². The van der Waals surface area contributed by atoms with Crippen molar-refractivity contribution < 1.29 is 18.4 Å². The Labute approximate surface area is 226 Å². The SMILES string of the molecule is CC1CCC(CN2CCC(N3CCC(c4ccc(NC(CCC=O)C(N)=O)cc4F)CC3)C(C)(F)C2)CC1. The van der Waals surface area contributed by atoms with Gasteiger partial charge in [0.05, 0.1) is 0 Å². The zero-order valence-electron chi connectivity index (χ0n) is 23.1. The number of nitrogens with zero attached hydrogens (tertiary/aromatic N) is 2. The predicted molar refractivity (Wildman–Crippen MR) is 147 cm³/mol. The van der Waals surface area contributed by atoms with E-state index >= 15 is 8.78 Å². The number of nitrogens with two attached hydrogens (primary N) is 1. The lowest BCUT2D eigenvalue weighted by Crippen LogP contribution is -2.60. The van der Waals surface area contributed by atoms with Crippen molar-refractivity contribution in [2.75, 3.05) is 38.0 Å². The van der Waals surface area contributed by atoms with Crippen LogP contribution in [-0.4, -0.2) is 72.5 Å². The molecular weight excluding hydrogens is 486 g/mol. The lowest BCUT2D eigenvalue weighted by molar-refractivity contribution is -0.118. The van der Waals surface area contributed by atoms with Crippen LogP contribution < -0.4 is 11.1 Å². The molecule has 3 N–H and O–H groups in total. The van der Waals surface area contributed by atoms with Crippen LogP contribution in [0.2, 0.25) is 0 Å². The monoisotopic (exact) mass is 532 g/mol. The van der Waals surface area contributed by atoms with Crippen molar-refractivity contribution in [2.45, 2.75) is 95.3 Å². The molecule has 2 saturated heterocycles. The molecule has 0 aromatic heterocycles. The maximum Gasteiger partial charge on any atom is 0.239 e. The van der Waals surface area contributed by atoms with E-state index in [-0.39, 0.29) is 30.6 Å². The second-order valence-corrected chi connectivity index (χ2v) is 12.3. The van der Waals surface area contributed by atoms with E-state index in [9.17, 15) is 9.59 Å². The number of likely N-dealkylation sites (tertiary alicyclic amines) is 2. The highest BCUT2D eigenvalue weighted by molar-refractivity contribution is 5.83. The molecule has 2 heterocycles. The van der Waals surface area contributed by atoms with Crippen LogP contribution in [0.3, 0.4) is 0 Å². The molecule has 0 radical (unpaired) electrons. The highest BCUT2D eigenvalue weighted by atomic mass is 19.1. The minimum absolute atomic E-state index is 0.0837. The van der Waals surface area contributed by atoms with Gasteiger partial charge in [-0.15, -0.1) is 0 Å². The molecule has 3 aliphatic rings. The number of carbonyl (C=O) groups is 2. The average Bonchev–Trinajstić information content (AvgIpc) is 2.88. The number of primary amides is 1. The third kappa shape index (κ3) is 7.32. The van der Waals surface area contributed by atoms with E-state index in [2.05, 4.69) is 22.0 Å². The zero-order chi connectivity index (χ0) is 27.3. The topological polar surface area (TPSA) is 78.7 Å². The molecule has 3 atom stereocenters. The van der Waals surface area contributed by atoms with Gasteiger partial charge in [0.1, 0.15) is 23.8 Å². The van der Waals surface area contributed by atoms with Gasteiger partial charge in [-0.05, 0) is 101 Å². The van der Waals surface area contributed by atoms with E-state index in [1.165, 1.54) is 31.7 Å². The number of hydrogen-bond donors (Lipinski definition) is 2. The molecule has 3 fully saturated rings. The fraction of sp³-hybridized carbons (Fsp3) is 0.733. The Morgan fingerprint density at radius 3 is 2.47 bits per heavy atom. The average molecular weight is 533 g/mol. The van der Waals surface area contributed by atoms with Gasteiger partial charge in [-0.1, -0.05) is 25.8 Å². The normalized spacial score (nSPS) is 30.6. The summed E-state index contributed by atoms with van der Waals surface area (Å²) in [5.41, 5.74) is 5.31. The van der Waals surface area contributed by atoms with Crippen LogP contribution >= 0.6 is 0 Å². The Balaban J connectivity index is 1.29. The Hall–Kier alpha value is -2.06. The molecular formula is C30H46F2N4O2. The van der Waals surface area contributed by atoms with Crippen molar-refractivity contribution in [1.82, 2.24) is 9.80 Å². The van der Waals surface area contributed by atoms with Gasteiger partial charge in [0, 0.05) is 31.2 Å². The van der Waals surface area contributed by atoms with E-state index in [1.54, 1.807) is 19.1 Å². The number of hydrogen-bond acceptors (Lipinski definition) is 5. The summed E-state index contributed by atoms with van der Waals surface area (Å²) >= 11 is 0. The molecule has 212 valence electrons. The fourth-order valence-corrected chi connectivity index (χ4v) is 7.01. The number of anilines is 1. The van der Waals surface area contributed by atoms with Crippen LogP contribution in [0.4, 0.5) is 14.5 Å². The standard InChI is InChI=1S/C30H46F2N4O2/c1-21-5-7-22(8-6-21)19-35-14-13-28(30(2,32)20-35)36-15-11-23(12-16-36)25-10-9-24(18-26(25)31)34-27(29(33)38)4-3-17-37/h9-10,17-18,21-23,27-28,34H,3-8,11-16,19-20H2,1-2H3,(H2,33,38). The first-order valence-corrected chi connectivity index (χ1v) is 14.6. The summed E-state index contributed by atoms with van der Waals surface area (Å²) < 4.78 is 31.0. The molecule has 38 heavy (non-hydrogen) atoms.